The van der Waals surface area contributed by atoms with Gasteiger partial charge >= 0.3 is 0 Å². The number of nitrogens with one attached hydrogen (secondary N) is 1. The van der Waals surface area contributed by atoms with Crippen LogP contribution in [0.15, 0.2) is 48.8 Å². The van der Waals surface area contributed by atoms with Crippen molar-refractivity contribution in [1.82, 2.24) is 25.1 Å². The molecule has 1 N–H and O–H groups in total. The molecule has 0 aliphatic rings. The molecule has 176 valence electrons. The number of nitrogens with zero attached hydrogens (tertiary/aromatic N) is 4. The molecule has 0 saturated carbocycles. The average Bonchev–Trinajstić information content (AvgIpc) is 3.42. The van der Waals surface area contributed by atoms with E-state index in [9.17, 15) is 4.79 Å². The number of hydrogen-bond donors (Lipinski definition) is 1. The first-order valence-electron chi connectivity index (χ1n) is 10.9. The standard InChI is InChI=1S/C25H27N5O3S/c1-16-13-20(17(2)34-16)22-10-12-27-25(29-22)30-23(15-32-3)21(14-28-30)24(31)26-11-9-18-5-7-19(33-4)8-6-18/h5-8,10,12-14H,9,11,15H2,1-4H3,(H,26,31). The number of amides is 1. The molecule has 0 spiro atoms. The molecule has 4 rings (SSSR count). The monoisotopic (exact) mass is 477 g/mol. The van der Waals surface area contributed by atoms with Gasteiger partial charge in [0.05, 0.1) is 36.9 Å². The Labute approximate surface area is 202 Å². The predicted octanol–water partition coefficient (Wildman–Crippen LogP) is 4.14. The summed E-state index contributed by atoms with van der Waals surface area (Å²) in [7, 11) is 3.22. The maximum absolute atomic E-state index is 12.9. The van der Waals surface area contributed by atoms with Gasteiger partial charge < -0.3 is 14.8 Å². The molecule has 0 saturated heterocycles. The second kappa shape index (κ2) is 10.6. The highest BCUT2D eigenvalue weighted by atomic mass is 32.1. The largest absolute Gasteiger partial charge is 0.497 e. The van der Waals surface area contributed by atoms with Crippen molar-refractivity contribution < 1.29 is 14.3 Å². The van der Waals surface area contributed by atoms with E-state index in [0.717, 1.165) is 22.6 Å². The first-order chi connectivity index (χ1) is 16.5. The molecule has 0 radical (unpaired) electrons. The Kier molecular flexibility index (Phi) is 7.34. The van der Waals surface area contributed by atoms with Crippen molar-refractivity contribution in [2.45, 2.75) is 26.9 Å². The van der Waals surface area contributed by atoms with E-state index in [0.29, 0.717) is 30.2 Å². The van der Waals surface area contributed by atoms with Crippen LogP contribution in [0.5, 0.6) is 5.75 Å². The van der Waals surface area contributed by atoms with Gasteiger partial charge in [0.15, 0.2) is 0 Å². The van der Waals surface area contributed by atoms with Gasteiger partial charge in [-0.15, -0.1) is 11.3 Å². The SMILES string of the molecule is COCc1c(C(=O)NCCc2ccc(OC)cc2)cnn1-c1nccc(-c2cc(C)sc2C)n1. The number of carbonyl (C=O) groups is 1. The molecule has 0 bridgehead atoms. The van der Waals surface area contributed by atoms with Crippen LogP contribution in [0.25, 0.3) is 17.2 Å². The van der Waals surface area contributed by atoms with E-state index in [4.69, 9.17) is 14.5 Å². The number of ether oxygens (including phenoxy) is 2. The van der Waals surface area contributed by atoms with Crippen LogP contribution in [0, 0.1) is 13.8 Å². The Morgan fingerprint density at radius 3 is 2.62 bits per heavy atom. The fourth-order valence-electron chi connectivity index (χ4n) is 3.70. The topological polar surface area (TPSA) is 91.2 Å². The summed E-state index contributed by atoms with van der Waals surface area (Å²) >= 11 is 1.73. The van der Waals surface area contributed by atoms with Gasteiger partial charge in [0.2, 0.25) is 0 Å². The molecular weight excluding hydrogens is 450 g/mol. The second-order valence-corrected chi connectivity index (χ2v) is 9.23. The highest BCUT2D eigenvalue weighted by Gasteiger charge is 2.20. The van der Waals surface area contributed by atoms with Gasteiger partial charge in [-0.25, -0.2) is 9.97 Å². The van der Waals surface area contributed by atoms with Gasteiger partial charge in [-0.2, -0.15) is 9.78 Å². The summed E-state index contributed by atoms with van der Waals surface area (Å²) in [5.41, 5.74) is 4.03. The number of rotatable bonds is 9. The second-order valence-electron chi connectivity index (χ2n) is 7.77. The van der Waals surface area contributed by atoms with Gasteiger partial charge in [-0.05, 0) is 50.1 Å². The van der Waals surface area contributed by atoms with Crippen LogP contribution in [0.3, 0.4) is 0 Å². The lowest BCUT2D eigenvalue weighted by Crippen LogP contribution is -2.26. The number of hydrogen-bond acceptors (Lipinski definition) is 7. The summed E-state index contributed by atoms with van der Waals surface area (Å²) in [6.45, 7) is 4.84. The van der Waals surface area contributed by atoms with Crippen LogP contribution in [0.4, 0.5) is 0 Å². The van der Waals surface area contributed by atoms with E-state index in [1.54, 1.807) is 36.4 Å². The summed E-state index contributed by atoms with van der Waals surface area (Å²) in [4.78, 5) is 24.5. The van der Waals surface area contributed by atoms with Crippen molar-refractivity contribution >= 4 is 17.2 Å². The molecule has 9 heteroatoms. The zero-order chi connectivity index (χ0) is 24.1. The maximum Gasteiger partial charge on any atom is 0.254 e. The number of aryl methyl sites for hydroxylation is 2. The Balaban J connectivity index is 1.52. The molecule has 8 nitrogen and oxygen atoms in total. The molecule has 0 unspecified atom stereocenters. The molecule has 4 aromatic rings. The normalized spacial score (nSPS) is 10.9. The minimum absolute atomic E-state index is 0.200. The van der Waals surface area contributed by atoms with E-state index in [2.05, 4.69) is 35.3 Å². The first kappa shape index (κ1) is 23.6. The van der Waals surface area contributed by atoms with Gasteiger partial charge in [0.25, 0.3) is 11.9 Å². The van der Waals surface area contributed by atoms with Crippen LogP contribution in [0.1, 0.15) is 31.4 Å². The molecule has 3 heterocycles. The maximum atomic E-state index is 12.9. The van der Waals surface area contributed by atoms with E-state index in [1.807, 2.05) is 30.3 Å². The van der Waals surface area contributed by atoms with E-state index in [1.165, 1.54) is 16.0 Å². The lowest BCUT2D eigenvalue weighted by molar-refractivity contribution is 0.0948. The third-order valence-corrected chi connectivity index (χ3v) is 6.37. The number of aromatic nitrogens is 4. The van der Waals surface area contributed by atoms with Crippen molar-refractivity contribution in [3.05, 3.63) is 75.4 Å². The van der Waals surface area contributed by atoms with Gasteiger partial charge in [0, 0.05) is 35.2 Å². The van der Waals surface area contributed by atoms with Crippen LogP contribution in [-0.4, -0.2) is 46.4 Å². The Bertz CT molecular complexity index is 1280. The summed E-state index contributed by atoms with van der Waals surface area (Å²) in [5.74, 6) is 0.984. The zero-order valence-corrected chi connectivity index (χ0v) is 20.5. The van der Waals surface area contributed by atoms with Crippen molar-refractivity contribution in [2.75, 3.05) is 20.8 Å². The summed E-state index contributed by atoms with van der Waals surface area (Å²) in [6.07, 6.45) is 3.94. The highest BCUT2D eigenvalue weighted by Crippen LogP contribution is 2.29. The van der Waals surface area contributed by atoms with Gasteiger partial charge in [-0.1, -0.05) is 12.1 Å². The molecule has 1 aromatic carbocycles. The number of thiophene rings is 1. The fourth-order valence-corrected chi connectivity index (χ4v) is 4.64. The van der Waals surface area contributed by atoms with E-state index >= 15 is 0 Å². The van der Waals surface area contributed by atoms with Crippen LogP contribution in [0.2, 0.25) is 0 Å². The third kappa shape index (κ3) is 5.16. The highest BCUT2D eigenvalue weighted by molar-refractivity contribution is 7.12. The summed E-state index contributed by atoms with van der Waals surface area (Å²) in [5, 5.41) is 7.38. The minimum Gasteiger partial charge on any atom is -0.497 e. The van der Waals surface area contributed by atoms with Crippen molar-refractivity contribution in [3.8, 4) is 23.0 Å². The quantitative estimate of drug-likeness (QED) is 0.390. The molecule has 1 amide bonds. The number of methoxy groups -OCH3 is 2. The minimum atomic E-state index is -0.215. The molecular formula is C25H27N5O3S. The average molecular weight is 478 g/mol. The molecule has 0 aliphatic heterocycles. The third-order valence-electron chi connectivity index (χ3n) is 5.40. The lowest BCUT2D eigenvalue weighted by Gasteiger charge is -2.09. The fraction of sp³-hybridized carbons (Fsp3) is 0.280. The van der Waals surface area contributed by atoms with Crippen molar-refractivity contribution in [2.24, 2.45) is 0 Å². The van der Waals surface area contributed by atoms with Crippen LogP contribution < -0.4 is 10.1 Å². The Hall–Kier alpha value is -3.56. The smallest absolute Gasteiger partial charge is 0.254 e. The molecule has 34 heavy (non-hydrogen) atoms. The van der Waals surface area contributed by atoms with Crippen LogP contribution in [-0.2, 0) is 17.8 Å². The molecule has 3 aromatic heterocycles. The van der Waals surface area contributed by atoms with Gasteiger partial charge in [0.1, 0.15) is 5.75 Å². The molecule has 0 fully saturated rings. The van der Waals surface area contributed by atoms with Gasteiger partial charge in [-0.3, -0.25) is 4.79 Å². The molecule has 0 aliphatic carbocycles. The zero-order valence-electron chi connectivity index (χ0n) is 19.7. The van der Waals surface area contributed by atoms with Crippen molar-refractivity contribution in [3.63, 3.8) is 0 Å². The summed E-state index contributed by atoms with van der Waals surface area (Å²) in [6, 6.07) is 11.8. The van der Waals surface area contributed by atoms with Crippen molar-refractivity contribution in [1.29, 1.82) is 0 Å². The molecule has 0 atom stereocenters. The van der Waals surface area contributed by atoms with E-state index in [-0.39, 0.29) is 12.5 Å². The Morgan fingerprint density at radius 2 is 1.94 bits per heavy atom. The number of carbonyl (C=O) groups excluding carboxylic acids is 1. The first-order valence-corrected chi connectivity index (χ1v) is 11.7. The van der Waals surface area contributed by atoms with Crippen LogP contribution >= 0.6 is 11.3 Å². The van der Waals surface area contributed by atoms with E-state index < -0.39 is 0 Å². The lowest BCUT2D eigenvalue weighted by atomic mass is 10.1. The summed E-state index contributed by atoms with van der Waals surface area (Å²) < 4.78 is 12.1. The predicted molar refractivity (Wildman–Crippen MR) is 132 cm³/mol. The Morgan fingerprint density at radius 1 is 1.15 bits per heavy atom. The number of benzene rings is 1.